The number of benzene rings is 2. The molecule has 4 aliphatic rings. The number of amides is 3. The van der Waals surface area contributed by atoms with Crippen LogP contribution in [0.15, 0.2) is 42.7 Å². The van der Waals surface area contributed by atoms with Gasteiger partial charge in [0.1, 0.15) is 6.04 Å². The summed E-state index contributed by atoms with van der Waals surface area (Å²) in [4.78, 5) is 42.0. The van der Waals surface area contributed by atoms with Crippen LogP contribution in [0.2, 0.25) is 0 Å². The normalized spacial score (nSPS) is 23.4. The smallest absolute Gasteiger partial charge is 0.259 e. The van der Waals surface area contributed by atoms with E-state index in [4.69, 9.17) is 5.10 Å². The Hall–Kier alpha value is -3.52. The summed E-state index contributed by atoms with van der Waals surface area (Å²) in [6, 6.07) is 10.3. The Morgan fingerprint density at radius 2 is 1.85 bits per heavy atom. The summed E-state index contributed by atoms with van der Waals surface area (Å²) in [7, 11) is 0. The molecule has 3 aromatic rings. The van der Waals surface area contributed by atoms with E-state index in [-0.39, 0.29) is 18.2 Å². The van der Waals surface area contributed by atoms with Crippen molar-refractivity contribution in [2.24, 2.45) is 5.92 Å². The van der Waals surface area contributed by atoms with Gasteiger partial charge in [0.15, 0.2) is 0 Å². The number of carbonyl (C=O) groups is 3. The van der Waals surface area contributed by atoms with Gasteiger partial charge in [-0.3, -0.25) is 29.3 Å². The Morgan fingerprint density at radius 1 is 1.03 bits per heavy atom. The number of imide groups is 1. The van der Waals surface area contributed by atoms with Crippen LogP contribution in [-0.4, -0.2) is 57.6 Å². The van der Waals surface area contributed by atoms with Gasteiger partial charge in [-0.05, 0) is 73.6 Å². The van der Waals surface area contributed by atoms with E-state index in [0.29, 0.717) is 24.1 Å². The summed E-state index contributed by atoms with van der Waals surface area (Å²) >= 11 is 0. The van der Waals surface area contributed by atoms with Crippen molar-refractivity contribution >= 4 is 34.2 Å². The van der Waals surface area contributed by atoms with Gasteiger partial charge in [-0.25, -0.2) is 0 Å². The lowest BCUT2D eigenvalue weighted by Gasteiger charge is -2.42. The van der Waals surface area contributed by atoms with E-state index >= 15 is 0 Å². The van der Waals surface area contributed by atoms with Gasteiger partial charge in [-0.15, -0.1) is 0 Å². The van der Waals surface area contributed by atoms with Crippen LogP contribution in [0, 0.1) is 5.92 Å². The number of nitrogens with zero attached hydrogens (tertiary/aromatic N) is 4. The molecular formula is C31H35N5O3. The van der Waals surface area contributed by atoms with Crippen molar-refractivity contribution in [3.63, 3.8) is 0 Å². The predicted octanol–water partition coefficient (Wildman–Crippen LogP) is 4.22. The van der Waals surface area contributed by atoms with Crippen LogP contribution in [0.5, 0.6) is 0 Å². The van der Waals surface area contributed by atoms with Gasteiger partial charge in [0.05, 0.1) is 17.9 Å². The topological polar surface area (TPSA) is 87.5 Å². The number of hydrogen-bond acceptors (Lipinski definition) is 5. The van der Waals surface area contributed by atoms with E-state index in [0.717, 1.165) is 65.9 Å². The molecule has 0 bridgehead atoms. The third-order valence-electron chi connectivity index (χ3n) is 9.67. The van der Waals surface area contributed by atoms with Crippen LogP contribution in [0.25, 0.3) is 10.8 Å². The second kappa shape index (κ2) is 9.59. The van der Waals surface area contributed by atoms with Crippen molar-refractivity contribution in [2.75, 3.05) is 18.0 Å². The number of likely N-dealkylation sites (tertiary alicyclic amines) is 1. The second-order valence-electron chi connectivity index (χ2n) is 11.8. The largest absolute Gasteiger partial charge is 0.300 e. The maximum atomic E-state index is 13.4. The molecule has 1 aliphatic carbocycles. The number of carbonyl (C=O) groups excluding carboxylic acids is 3. The standard InChI is InChI=1S/C31H35N5O3/c1-19(21-4-2-5-21)34-14-12-23(13-15-34)35-18-20(17-32-35)16-22-8-9-26-29-24(22)6-3-7-25(29)31(39)36(26)27-10-11-28(37)33-30(27)38/h3,6-9,17-19,21,23,27H,2,4-5,10-16H2,1H3,(H,33,37,38)/t19-,27-/m0/s1. The zero-order valence-electron chi connectivity index (χ0n) is 22.4. The average molecular weight is 526 g/mol. The zero-order valence-corrected chi connectivity index (χ0v) is 22.4. The van der Waals surface area contributed by atoms with Gasteiger partial charge < -0.3 is 4.90 Å². The number of aromatic nitrogens is 2. The van der Waals surface area contributed by atoms with E-state index < -0.39 is 11.9 Å². The summed E-state index contributed by atoms with van der Waals surface area (Å²) in [5.74, 6) is 0.0330. The molecule has 1 saturated carbocycles. The molecule has 0 unspecified atom stereocenters. The van der Waals surface area contributed by atoms with Gasteiger partial charge in [0.25, 0.3) is 5.91 Å². The molecular weight excluding hydrogens is 490 g/mol. The monoisotopic (exact) mass is 525 g/mol. The fourth-order valence-corrected chi connectivity index (χ4v) is 7.12. The predicted molar refractivity (Wildman–Crippen MR) is 149 cm³/mol. The molecule has 2 atom stereocenters. The Kier molecular flexibility index (Phi) is 6.03. The molecule has 3 amide bonds. The van der Waals surface area contributed by atoms with Crippen molar-refractivity contribution in [3.8, 4) is 0 Å². The maximum absolute atomic E-state index is 13.4. The molecule has 3 aliphatic heterocycles. The third-order valence-corrected chi connectivity index (χ3v) is 9.67. The average Bonchev–Trinajstić information content (AvgIpc) is 3.48. The van der Waals surface area contributed by atoms with Crippen LogP contribution < -0.4 is 10.2 Å². The Labute approximate surface area is 228 Å². The van der Waals surface area contributed by atoms with E-state index in [2.05, 4.69) is 40.2 Å². The quantitative estimate of drug-likeness (QED) is 0.487. The molecule has 3 fully saturated rings. The molecule has 202 valence electrons. The van der Waals surface area contributed by atoms with E-state index in [1.54, 1.807) is 4.90 Å². The Morgan fingerprint density at radius 3 is 2.59 bits per heavy atom. The molecule has 2 saturated heterocycles. The van der Waals surface area contributed by atoms with Crippen LogP contribution in [0.3, 0.4) is 0 Å². The summed E-state index contributed by atoms with van der Waals surface area (Å²) < 4.78 is 2.16. The summed E-state index contributed by atoms with van der Waals surface area (Å²) in [5.41, 5.74) is 3.67. The molecule has 7 rings (SSSR count). The van der Waals surface area contributed by atoms with Gasteiger partial charge in [0.2, 0.25) is 11.8 Å². The Bertz CT molecular complexity index is 1470. The molecule has 4 heterocycles. The third kappa shape index (κ3) is 4.16. The van der Waals surface area contributed by atoms with Crippen molar-refractivity contribution in [1.82, 2.24) is 20.0 Å². The lowest BCUT2D eigenvalue weighted by molar-refractivity contribution is -0.134. The lowest BCUT2D eigenvalue weighted by atomic mass is 9.79. The number of anilines is 1. The number of nitrogens with one attached hydrogen (secondary N) is 1. The fraction of sp³-hybridized carbons (Fsp3) is 0.484. The lowest BCUT2D eigenvalue weighted by Crippen LogP contribution is -2.53. The maximum Gasteiger partial charge on any atom is 0.259 e. The van der Waals surface area contributed by atoms with Crippen molar-refractivity contribution in [3.05, 3.63) is 59.4 Å². The Balaban J connectivity index is 1.09. The molecule has 1 aromatic heterocycles. The van der Waals surface area contributed by atoms with Crippen LogP contribution in [-0.2, 0) is 16.0 Å². The number of hydrogen-bond donors (Lipinski definition) is 1. The molecule has 2 aromatic carbocycles. The highest BCUT2D eigenvalue weighted by atomic mass is 16.2. The molecule has 0 spiro atoms. The minimum Gasteiger partial charge on any atom is -0.300 e. The van der Waals surface area contributed by atoms with Gasteiger partial charge in [-0.1, -0.05) is 24.6 Å². The first-order valence-corrected chi connectivity index (χ1v) is 14.5. The van der Waals surface area contributed by atoms with Crippen LogP contribution in [0.4, 0.5) is 5.69 Å². The first kappa shape index (κ1) is 24.5. The van der Waals surface area contributed by atoms with Crippen molar-refractivity contribution in [1.29, 1.82) is 0 Å². The molecule has 1 N–H and O–H groups in total. The number of rotatable bonds is 6. The zero-order chi connectivity index (χ0) is 26.7. The molecule has 39 heavy (non-hydrogen) atoms. The minimum absolute atomic E-state index is 0.173. The SMILES string of the molecule is C[C@@H](C1CCC1)N1CCC(n2cc(Cc3ccc4c5c(cccc35)C(=O)N4[C@H]3CCC(=O)NC3=O)cn2)CC1. The first-order chi connectivity index (χ1) is 19.0. The number of piperidine rings is 2. The van der Waals surface area contributed by atoms with E-state index in [9.17, 15) is 14.4 Å². The van der Waals surface area contributed by atoms with Gasteiger partial charge in [0, 0.05) is 49.1 Å². The van der Waals surface area contributed by atoms with Crippen molar-refractivity contribution in [2.45, 2.75) is 76.4 Å². The summed E-state index contributed by atoms with van der Waals surface area (Å²) in [6.45, 7) is 4.69. The van der Waals surface area contributed by atoms with Crippen LogP contribution in [0.1, 0.15) is 79.4 Å². The highest BCUT2D eigenvalue weighted by molar-refractivity contribution is 6.27. The molecule has 8 nitrogen and oxygen atoms in total. The van der Waals surface area contributed by atoms with Crippen LogP contribution >= 0.6 is 0 Å². The molecule has 0 radical (unpaired) electrons. The molecule has 8 heteroatoms. The summed E-state index contributed by atoms with van der Waals surface area (Å²) in [5, 5.41) is 9.07. The van der Waals surface area contributed by atoms with E-state index in [1.807, 2.05) is 24.4 Å². The first-order valence-electron chi connectivity index (χ1n) is 14.5. The van der Waals surface area contributed by atoms with Gasteiger partial charge in [-0.2, -0.15) is 5.10 Å². The minimum atomic E-state index is -0.669. The van der Waals surface area contributed by atoms with Gasteiger partial charge >= 0.3 is 0 Å². The van der Waals surface area contributed by atoms with E-state index in [1.165, 1.54) is 19.3 Å². The summed E-state index contributed by atoms with van der Waals surface area (Å²) in [6.07, 6.45) is 11.9. The second-order valence-corrected chi connectivity index (χ2v) is 11.8. The van der Waals surface area contributed by atoms with Crippen molar-refractivity contribution < 1.29 is 14.4 Å². The fourth-order valence-electron chi connectivity index (χ4n) is 7.12. The highest BCUT2D eigenvalue weighted by Crippen LogP contribution is 2.41. The highest BCUT2D eigenvalue weighted by Gasteiger charge is 2.41.